The van der Waals surface area contributed by atoms with Gasteiger partial charge in [-0.25, -0.2) is 4.98 Å². The van der Waals surface area contributed by atoms with Gasteiger partial charge in [-0.15, -0.1) is 0 Å². The van der Waals surface area contributed by atoms with Gasteiger partial charge >= 0.3 is 0 Å². The number of methoxy groups -OCH3 is 2. The molecule has 0 bridgehead atoms. The van der Waals surface area contributed by atoms with E-state index in [0.29, 0.717) is 11.5 Å². The predicted octanol–water partition coefficient (Wildman–Crippen LogP) is 1.78. The molecule has 1 aromatic carbocycles. The summed E-state index contributed by atoms with van der Waals surface area (Å²) in [6.45, 7) is 0. The third kappa shape index (κ3) is 2.51. The maximum Gasteiger partial charge on any atom is 0.236 e. The zero-order valence-electron chi connectivity index (χ0n) is 10.3. The van der Waals surface area contributed by atoms with Gasteiger partial charge in [-0.2, -0.15) is 0 Å². The van der Waals surface area contributed by atoms with Crippen molar-refractivity contribution in [2.24, 2.45) is 0 Å². The molecular weight excluding hydrogens is 232 g/mol. The highest BCUT2D eigenvalue weighted by Gasteiger charge is 2.11. The van der Waals surface area contributed by atoms with Gasteiger partial charge in [0.1, 0.15) is 17.8 Å². The first-order valence-corrected chi connectivity index (χ1v) is 5.46. The van der Waals surface area contributed by atoms with Crippen molar-refractivity contribution in [1.29, 1.82) is 0 Å². The van der Waals surface area contributed by atoms with Gasteiger partial charge in [0.2, 0.25) is 5.91 Å². The summed E-state index contributed by atoms with van der Waals surface area (Å²) in [5.74, 6) is 1.30. The fourth-order valence-corrected chi connectivity index (χ4v) is 1.68. The normalized spacial score (nSPS) is 10.1. The van der Waals surface area contributed by atoms with Crippen molar-refractivity contribution in [3.05, 3.63) is 42.5 Å². The summed E-state index contributed by atoms with van der Waals surface area (Å²) in [5, 5.41) is 0. The zero-order valence-corrected chi connectivity index (χ0v) is 10.3. The molecule has 0 atom stereocenters. The molecule has 0 fully saturated rings. The van der Waals surface area contributed by atoms with Gasteiger partial charge in [-0.1, -0.05) is 0 Å². The molecule has 1 aromatic heterocycles. The van der Waals surface area contributed by atoms with Crippen molar-refractivity contribution in [2.75, 3.05) is 14.2 Å². The Bertz CT molecular complexity index is 535. The summed E-state index contributed by atoms with van der Waals surface area (Å²) in [6, 6.07) is 5.38. The van der Waals surface area contributed by atoms with E-state index in [0.717, 1.165) is 5.56 Å². The number of carbonyl (C=O) groups excluding carboxylic acids is 1. The summed E-state index contributed by atoms with van der Waals surface area (Å²) < 4.78 is 11.8. The molecule has 0 saturated carbocycles. The number of carbonyl (C=O) groups is 1. The number of ether oxygens (including phenoxy) is 2. The van der Waals surface area contributed by atoms with Crippen LogP contribution in [0.5, 0.6) is 11.5 Å². The lowest BCUT2D eigenvalue weighted by Gasteiger charge is -2.10. The van der Waals surface area contributed by atoms with Crippen molar-refractivity contribution in [3.8, 4) is 11.5 Å². The molecule has 0 N–H and O–H groups in total. The Morgan fingerprint density at radius 1 is 1.33 bits per heavy atom. The molecule has 2 aromatic rings. The quantitative estimate of drug-likeness (QED) is 0.825. The maximum atomic E-state index is 12.0. The highest BCUT2D eigenvalue weighted by Crippen LogP contribution is 2.24. The highest BCUT2D eigenvalue weighted by atomic mass is 16.5. The second kappa shape index (κ2) is 5.35. The number of rotatable bonds is 4. The van der Waals surface area contributed by atoms with Crippen LogP contribution in [0.2, 0.25) is 0 Å². The molecule has 2 rings (SSSR count). The molecule has 0 saturated heterocycles. The van der Waals surface area contributed by atoms with Crippen LogP contribution in [-0.2, 0) is 6.42 Å². The van der Waals surface area contributed by atoms with Crippen LogP contribution in [0.3, 0.4) is 0 Å². The van der Waals surface area contributed by atoms with Crippen molar-refractivity contribution in [1.82, 2.24) is 9.55 Å². The van der Waals surface area contributed by atoms with E-state index >= 15 is 0 Å². The number of benzene rings is 1. The molecule has 5 nitrogen and oxygen atoms in total. The van der Waals surface area contributed by atoms with Crippen LogP contribution >= 0.6 is 0 Å². The molecule has 0 amide bonds. The van der Waals surface area contributed by atoms with E-state index in [9.17, 15) is 4.79 Å². The van der Waals surface area contributed by atoms with E-state index in [4.69, 9.17) is 9.47 Å². The minimum atomic E-state index is -0.0703. The first-order valence-electron chi connectivity index (χ1n) is 5.46. The predicted molar refractivity (Wildman–Crippen MR) is 66.1 cm³/mol. The summed E-state index contributed by atoms with van der Waals surface area (Å²) in [6.07, 6.45) is 4.90. The van der Waals surface area contributed by atoms with Crippen molar-refractivity contribution >= 4 is 5.91 Å². The number of hydrogen-bond donors (Lipinski definition) is 0. The average Bonchev–Trinajstić information content (AvgIpc) is 2.92. The standard InChI is InChI=1S/C13H14N2O3/c1-17-11-3-4-12(18-2)10(7-11)8-13(16)15-6-5-14-9-15/h3-7,9H,8H2,1-2H3. The van der Waals surface area contributed by atoms with Gasteiger partial charge in [-0.3, -0.25) is 9.36 Å². The molecule has 0 unspecified atom stereocenters. The second-order valence-electron chi connectivity index (χ2n) is 3.72. The largest absolute Gasteiger partial charge is 0.497 e. The van der Waals surface area contributed by atoms with E-state index in [2.05, 4.69) is 4.98 Å². The van der Waals surface area contributed by atoms with E-state index in [1.54, 1.807) is 44.8 Å². The molecule has 1 heterocycles. The molecular formula is C13H14N2O3. The second-order valence-corrected chi connectivity index (χ2v) is 3.72. The van der Waals surface area contributed by atoms with Crippen LogP contribution in [0.1, 0.15) is 10.4 Å². The Balaban J connectivity index is 2.24. The average molecular weight is 246 g/mol. The van der Waals surface area contributed by atoms with Crippen molar-refractivity contribution in [2.45, 2.75) is 6.42 Å². The van der Waals surface area contributed by atoms with Gasteiger partial charge < -0.3 is 9.47 Å². The smallest absolute Gasteiger partial charge is 0.236 e. The van der Waals surface area contributed by atoms with Gasteiger partial charge in [0.05, 0.1) is 20.6 Å². The van der Waals surface area contributed by atoms with Gasteiger partial charge in [0.15, 0.2) is 0 Å². The molecule has 0 aliphatic heterocycles. The fraction of sp³-hybridized carbons (Fsp3) is 0.231. The number of imidazole rings is 1. The number of hydrogen-bond acceptors (Lipinski definition) is 4. The third-order valence-electron chi connectivity index (χ3n) is 2.62. The van der Waals surface area contributed by atoms with Crippen LogP contribution in [-0.4, -0.2) is 29.7 Å². The molecule has 0 aliphatic carbocycles. The van der Waals surface area contributed by atoms with E-state index < -0.39 is 0 Å². The zero-order chi connectivity index (χ0) is 13.0. The van der Waals surface area contributed by atoms with E-state index in [-0.39, 0.29) is 12.3 Å². The Kier molecular flexibility index (Phi) is 3.62. The topological polar surface area (TPSA) is 53.4 Å². The minimum absolute atomic E-state index is 0.0703. The van der Waals surface area contributed by atoms with E-state index in [1.807, 2.05) is 0 Å². The first-order chi connectivity index (χ1) is 8.74. The Labute approximate surface area is 105 Å². The molecule has 0 radical (unpaired) electrons. The van der Waals surface area contributed by atoms with Gasteiger partial charge in [0.25, 0.3) is 0 Å². The Hall–Kier alpha value is -2.30. The number of nitrogens with zero attached hydrogens (tertiary/aromatic N) is 2. The molecule has 0 spiro atoms. The fourth-order valence-electron chi connectivity index (χ4n) is 1.68. The van der Waals surface area contributed by atoms with Crippen molar-refractivity contribution < 1.29 is 14.3 Å². The third-order valence-corrected chi connectivity index (χ3v) is 2.62. The number of aromatic nitrogens is 2. The molecule has 18 heavy (non-hydrogen) atoms. The lowest BCUT2D eigenvalue weighted by Crippen LogP contribution is -2.12. The Morgan fingerprint density at radius 3 is 2.78 bits per heavy atom. The van der Waals surface area contributed by atoms with Crippen LogP contribution < -0.4 is 9.47 Å². The van der Waals surface area contributed by atoms with Crippen LogP contribution in [0.15, 0.2) is 36.9 Å². The van der Waals surface area contributed by atoms with Crippen LogP contribution in [0.4, 0.5) is 0 Å². The molecule has 0 aliphatic rings. The SMILES string of the molecule is COc1ccc(OC)c(CC(=O)n2ccnc2)c1. The van der Waals surface area contributed by atoms with Crippen LogP contribution in [0.25, 0.3) is 0 Å². The van der Waals surface area contributed by atoms with Gasteiger partial charge in [-0.05, 0) is 18.2 Å². The minimum Gasteiger partial charge on any atom is -0.497 e. The highest BCUT2D eigenvalue weighted by molar-refractivity contribution is 5.81. The van der Waals surface area contributed by atoms with Crippen molar-refractivity contribution in [3.63, 3.8) is 0 Å². The first kappa shape index (κ1) is 12.2. The summed E-state index contributed by atoms with van der Waals surface area (Å²) in [5.41, 5.74) is 0.788. The monoisotopic (exact) mass is 246 g/mol. The molecule has 5 heteroatoms. The molecule has 94 valence electrons. The summed E-state index contributed by atoms with van der Waals surface area (Å²) >= 11 is 0. The van der Waals surface area contributed by atoms with E-state index in [1.165, 1.54) is 10.9 Å². The maximum absolute atomic E-state index is 12.0. The summed E-state index contributed by atoms with van der Waals surface area (Å²) in [7, 11) is 3.16. The lowest BCUT2D eigenvalue weighted by atomic mass is 10.1. The lowest BCUT2D eigenvalue weighted by molar-refractivity contribution is 0.0913. The summed E-state index contributed by atoms with van der Waals surface area (Å²) in [4.78, 5) is 15.8. The van der Waals surface area contributed by atoms with Gasteiger partial charge in [0, 0.05) is 18.0 Å². The Morgan fingerprint density at radius 2 is 2.17 bits per heavy atom. The van der Waals surface area contributed by atoms with Crippen LogP contribution in [0, 0.1) is 0 Å².